The Morgan fingerprint density at radius 1 is 1.38 bits per heavy atom. The van der Waals surface area contributed by atoms with Gasteiger partial charge in [0, 0.05) is 0 Å². The third-order valence-electron chi connectivity index (χ3n) is 2.36. The molecule has 3 nitrogen and oxygen atoms in total. The molecule has 4 heteroatoms. The van der Waals surface area contributed by atoms with Gasteiger partial charge in [0.15, 0.2) is 0 Å². The summed E-state index contributed by atoms with van der Waals surface area (Å²) in [5.74, 6) is 0.559. The van der Waals surface area contributed by atoms with Crippen LogP contribution in [-0.4, -0.2) is 36.3 Å². The number of hydrogen-bond donors (Lipinski definition) is 0. The van der Waals surface area contributed by atoms with Crippen molar-refractivity contribution in [2.24, 2.45) is 11.8 Å². The van der Waals surface area contributed by atoms with Crippen LogP contribution in [0.25, 0.3) is 0 Å². The molecule has 1 fully saturated rings. The van der Waals surface area contributed by atoms with Gasteiger partial charge in [-0.05, 0) is 26.1 Å². The molecule has 1 atom stereocenters. The van der Waals surface area contributed by atoms with Gasteiger partial charge in [-0.2, -0.15) is 0 Å². The molecule has 0 aromatic carbocycles. The molecule has 0 aliphatic carbocycles. The van der Waals surface area contributed by atoms with Crippen molar-refractivity contribution in [2.45, 2.75) is 20.3 Å². The molecule has 1 saturated heterocycles. The largest absolute Gasteiger partial charge is 1.00 e. The van der Waals surface area contributed by atoms with Gasteiger partial charge in [-0.25, -0.2) is 0 Å². The Morgan fingerprint density at radius 2 is 1.92 bits per heavy atom. The Labute approximate surface area is 92.4 Å². The number of nitrogens with zero attached hydrogens (tertiary/aromatic N) is 1. The van der Waals surface area contributed by atoms with E-state index in [1.807, 2.05) is 0 Å². The summed E-state index contributed by atoms with van der Waals surface area (Å²) < 4.78 is 0. The molecular weight excluding hydrogens is 161 g/mol. The van der Waals surface area contributed by atoms with E-state index in [0.29, 0.717) is 5.92 Å². The van der Waals surface area contributed by atoms with Crippen molar-refractivity contribution in [2.75, 3.05) is 19.6 Å². The summed E-state index contributed by atoms with van der Waals surface area (Å²) >= 11 is 0. The van der Waals surface area contributed by atoms with Gasteiger partial charge in [0.1, 0.15) is 0 Å². The summed E-state index contributed by atoms with van der Waals surface area (Å²) in [5, 5.41) is 0. The van der Waals surface area contributed by atoms with Crippen molar-refractivity contribution in [1.29, 1.82) is 0 Å². The molecule has 0 saturated carbocycles. The van der Waals surface area contributed by atoms with E-state index in [1.54, 1.807) is 0 Å². The fourth-order valence-corrected chi connectivity index (χ4v) is 1.23. The number of rotatable bonds is 4. The summed E-state index contributed by atoms with van der Waals surface area (Å²) in [6.07, 6.45) is 3.40. The maximum absolute atomic E-state index is 10.5. The van der Waals surface area contributed by atoms with Crippen molar-refractivity contribution in [3.05, 3.63) is 0 Å². The van der Waals surface area contributed by atoms with Crippen LogP contribution in [0, 0.1) is 11.8 Å². The second kappa shape index (κ2) is 7.58. The van der Waals surface area contributed by atoms with E-state index in [2.05, 4.69) is 25.0 Å². The monoisotopic (exact) mass is 178 g/mol. The first-order valence-corrected chi connectivity index (χ1v) is 4.34. The average molecular weight is 178 g/mol. The molecule has 1 heterocycles. The van der Waals surface area contributed by atoms with Crippen molar-refractivity contribution in [3.8, 4) is 0 Å². The average Bonchev–Trinajstić information content (AvgIpc) is 1.85. The van der Waals surface area contributed by atoms with E-state index in [4.69, 9.17) is 0 Å². The molecule has 0 bridgehead atoms. The van der Waals surface area contributed by atoms with E-state index in [9.17, 15) is 4.79 Å². The molecule has 13 heavy (non-hydrogen) atoms. The quantitative estimate of drug-likeness (QED) is 0.366. The summed E-state index contributed by atoms with van der Waals surface area (Å²) in [5.41, 5.74) is 0. The molecule has 72 valence electrons. The Balaban J connectivity index is 0. The number of hydrogen-bond acceptors (Lipinski definition) is 3. The minimum Gasteiger partial charge on any atom is -0.870 e. The molecule has 1 rings (SSSR count). The van der Waals surface area contributed by atoms with E-state index in [0.717, 1.165) is 6.54 Å². The third-order valence-corrected chi connectivity index (χ3v) is 2.36. The molecule has 1 aliphatic rings. The van der Waals surface area contributed by atoms with Gasteiger partial charge in [0.05, 0.1) is 0 Å². The van der Waals surface area contributed by atoms with Crippen LogP contribution in [-0.2, 0) is 4.79 Å². The molecule has 1 unspecified atom stereocenters. The first kappa shape index (κ1) is 15.7. The smallest absolute Gasteiger partial charge is 0.870 e. The standard InChI is InChI=1S/C9H16NO.Li.H2O/c1-8(2)9(7-11)6-10-4-3-5-10;;/h8-9H,3-6H2,1-2H3;;1H2/q-1;+1;/p-1. The summed E-state index contributed by atoms with van der Waals surface area (Å²) in [4.78, 5) is 12.8. The van der Waals surface area contributed by atoms with E-state index in [-0.39, 0.29) is 30.3 Å². The van der Waals surface area contributed by atoms with Gasteiger partial charge in [-0.3, -0.25) is 6.29 Å². The van der Waals surface area contributed by atoms with Crippen LogP contribution in [0.5, 0.6) is 0 Å². The number of carbonyl (C=O) groups excluding carboxylic acids is 1. The molecule has 1 aliphatic heterocycles. The van der Waals surface area contributed by atoms with Crippen LogP contribution in [0.2, 0.25) is 0 Å². The molecule has 0 aromatic rings. The zero-order valence-electron chi connectivity index (χ0n) is 8.79. The SMILES string of the molecule is CC(C)C([C-]=O)CN1CCC1.[Li+].[OH-]. The molecule has 1 N–H and O–H groups in total. The first-order chi connectivity index (χ1) is 5.24. The topological polar surface area (TPSA) is 50.3 Å². The van der Waals surface area contributed by atoms with Gasteiger partial charge in [0.2, 0.25) is 0 Å². The fourth-order valence-electron chi connectivity index (χ4n) is 1.23. The van der Waals surface area contributed by atoms with Crippen molar-refractivity contribution in [1.82, 2.24) is 4.90 Å². The Kier molecular flexibility index (Phi) is 9.12. The van der Waals surface area contributed by atoms with Crippen LogP contribution in [0.1, 0.15) is 20.3 Å². The molecule has 0 aromatic heterocycles. The Hall–Kier alpha value is 0.187. The zero-order chi connectivity index (χ0) is 8.27. The second-order valence-corrected chi connectivity index (χ2v) is 3.62. The van der Waals surface area contributed by atoms with E-state index >= 15 is 0 Å². The van der Waals surface area contributed by atoms with Crippen molar-refractivity contribution >= 4 is 6.29 Å². The van der Waals surface area contributed by atoms with Gasteiger partial charge >= 0.3 is 18.9 Å². The van der Waals surface area contributed by atoms with E-state index < -0.39 is 0 Å². The molecule has 0 amide bonds. The van der Waals surface area contributed by atoms with Crippen LogP contribution >= 0.6 is 0 Å². The van der Waals surface area contributed by atoms with Crippen molar-refractivity contribution < 1.29 is 29.1 Å². The second-order valence-electron chi connectivity index (χ2n) is 3.62. The van der Waals surface area contributed by atoms with Gasteiger partial charge in [-0.1, -0.05) is 19.8 Å². The zero-order valence-corrected chi connectivity index (χ0v) is 8.79. The normalized spacial score (nSPS) is 18.1. The molecular formula is C9H17LiNO2-. The molecule has 0 spiro atoms. The van der Waals surface area contributed by atoms with Gasteiger partial charge < -0.3 is 15.2 Å². The predicted octanol–water partition coefficient (Wildman–Crippen LogP) is -2.10. The van der Waals surface area contributed by atoms with Crippen LogP contribution < -0.4 is 18.9 Å². The van der Waals surface area contributed by atoms with E-state index in [1.165, 1.54) is 19.5 Å². The maximum Gasteiger partial charge on any atom is 1.00 e. The van der Waals surface area contributed by atoms with Crippen molar-refractivity contribution in [3.63, 3.8) is 0 Å². The fraction of sp³-hybridized carbons (Fsp3) is 0.889. The van der Waals surface area contributed by atoms with Gasteiger partial charge in [0.25, 0.3) is 0 Å². The van der Waals surface area contributed by atoms with Gasteiger partial charge in [-0.15, -0.1) is 5.92 Å². The minimum absolute atomic E-state index is 0. The van der Waals surface area contributed by atoms with Crippen LogP contribution in [0.15, 0.2) is 0 Å². The summed E-state index contributed by atoms with van der Waals surface area (Å²) in [6, 6.07) is 0. The minimum atomic E-state index is 0. The Morgan fingerprint density at radius 3 is 2.15 bits per heavy atom. The molecule has 0 radical (unpaired) electrons. The number of likely N-dealkylation sites (tertiary alicyclic amines) is 1. The summed E-state index contributed by atoms with van der Waals surface area (Å²) in [6.45, 7) is 7.42. The summed E-state index contributed by atoms with van der Waals surface area (Å²) in [7, 11) is 0. The van der Waals surface area contributed by atoms with Crippen LogP contribution in [0.3, 0.4) is 0 Å². The maximum atomic E-state index is 10.5. The van der Waals surface area contributed by atoms with Crippen LogP contribution in [0.4, 0.5) is 0 Å². The predicted molar refractivity (Wildman–Crippen MR) is 47.0 cm³/mol. The Bertz CT molecular complexity index is 138. The first-order valence-electron chi connectivity index (χ1n) is 4.34. The third kappa shape index (κ3) is 4.83.